The number of hydrogen-bond donors (Lipinski definition) is 1. The first-order valence-corrected chi connectivity index (χ1v) is 10.8. The molecule has 0 aliphatic rings. The highest BCUT2D eigenvalue weighted by Gasteiger charge is 2.29. The van der Waals surface area contributed by atoms with E-state index in [0.717, 1.165) is 26.8 Å². The van der Waals surface area contributed by atoms with Gasteiger partial charge in [0.05, 0.1) is 5.69 Å². The zero-order chi connectivity index (χ0) is 21.2. The quantitative estimate of drug-likeness (QED) is 0.458. The van der Waals surface area contributed by atoms with Gasteiger partial charge in [0, 0.05) is 21.1 Å². The molecule has 7 heteroatoms. The van der Waals surface area contributed by atoms with E-state index in [9.17, 15) is 14.3 Å². The van der Waals surface area contributed by atoms with Gasteiger partial charge in [-0.05, 0) is 63.6 Å². The zero-order valence-corrected chi connectivity index (χ0v) is 18.3. The first kappa shape index (κ1) is 21.3. The van der Waals surface area contributed by atoms with Crippen LogP contribution in [0.1, 0.15) is 30.0 Å². The second-order valence-electron chi connectivity index (χ2n) is 7.14. The largest absolute Gasteiger partial charge is 0.478 e. The third-order valence-electron chi connectivity index (χ3n) is 4.39. The Labute approximate surface area is 177 Å². The number of carbonyl (C=O) groups is 1. The highest BCUT2D eigenvalue weighted by molar-refractivity contribution is 7.98. The van der Waals surface area contributed by atoms with E-state index in [1.54, 1.807) is 30.0 Å². The highest BCUT2D eigenvalue weighted by atomic mass is 32.2. The van der Waals surface area contributed by atoms with E-state index in [1.165, 1.54) is 31.3 Å². The number of hydrogen-bond acceptors (Lipinski definition) is 5. The molecule has 0 fully saturated rings. The molecule has 0 spiro atoms. The van der Waals surface area contributed by atoms with Crippen molar-refractivity contribution in [2.24, 2.45) is 0 Å². The molecule has 2 aromatic carbocycles. The Balaban J connectivity index is 1.72. The molecule has 4 nitrogen and oxygen atoms in total. The van der Waals surface area contributed by atoms with E-state index in [0.29, 0.717) is 16.3 Å². The van der Waals surface area contributed by atoms with Crippen molar-refractivity contribution in [2.45, 2.75) is 43.9 Å². The van der Waals surface area contributed by atoms with E-state index < -0.39 is 11.6 Å². The number of thiazole rings is 1. The SMILES string of the molecule is Cc1cc(SCc2sc(-c3ccccc3F)nc2C)ccc1OC(C)(C)C(=O)O. The minimum absolute atomic E-state index is 0.268. The molecule has 0 aliphatic heterocycles. The molecule has 152 valence electrons. The van der Waals surface area contributed by atoms with E-state index >= 15 is 0 Å². The summed E-state index contributed by atoms with van der Waals surface area (Å²) in [4.78, 5) is 17.9. The van der Waals surface area contributed by atoms with Crippen LogP contribution in [0.2, 0.25) is 0 Å². The molecule has 3 aromatic rings. The van der Waals surface area contributed by atoms with Crippen molar-refractivity contribution in [3.63, 3.8) is 0 Å². The van der Waals surface area contributed by atoms with Gasteiger partial charge in [0.15, 0.2) is 5.60 Å². The lowest BCUT2D eigenvalue weighted by molar-refractivity contribution is -0.152. The maximum absolute atomic E-state index is 14.0. The van der Waals surface area contributed by atoms with Crippen molar-refractivity contribution in [3.8, 4) is 16.3 Å². The van der Waals surface area contributed by atoms with E-state index in [1.807, 2.05) is 32.0 Å². The number of halogens is 1. The molecule has 1 heterocycles. The van der Waals surface area contributed by atoms with Gasteiger partial charge >= 0.3 is 5.97 Å². The van der Waals surface area contributed by atoms with Gasteiger partial charge in [-0.3, -0.25) is 0 Å². The summed E-state index contributed by atoms with van der Waals surface area (Å²) in [6.07, 6.45) is 0. The predicted octanol–water partition coefficient (Wildman–Crippen LogP) is 6.10. The van der Waals surface area contributed by atoms with Gasteiger partial charge in [-0.1, -0.05) is 12.1 Å². The van der Waals surface area contributed by atoms with Gasteiger partial charge in [0.2, 0.25) is 0 Å². The van der Waals surface area contributed by atoms with Gasteiger partial charge in [0.25, 0.3) is 0 Å². The van der Waals surface area contributed by atoms with Crippen LogP contribution in [0.4, 0.5) is 4.39 Å². The van der Waals surface area contributed by atoms with Crippen molar-refractivity contribution in [1.29, 1.82) is 0 Å². The first-order valence-electron chi connectivity index (χ1n) is 9.04. The molecule has 0 unspecified atom stereocenters. The fourth-order valence-corrected chi connectivity index (χ4v) is 4.83. The van der Waals surface area contributed by atoms with E-state index in [4.69, 9.17) is 4.74 Å². The van der Waals surface area contributed by atoms with Crippen molar-refractivity contribution < 1.29 is 19.0 Å². The molecule has 3 rings (SSSR count). The number of nitrogens with zero attached hydrogens (tertiary/aromatic N) is 1. The maximum Gasteiger partial charge on any atom is 0.347 e. The van der Waals surface area contributed by atoms with Crippen LogP contribution in [0.5, 0.6) is 5.75 Å². The number of thioether (sulfide) groups is 1. The number of aromatic nitrogens is 1. The van der Waals surface area contributed by atoms with Gasteiger partial charge < -0.3 is 9.84 Å². The average molecular weight is 432 g/mol. The number of aliphatic carboxylic acids is 1. The molecule has 1 aromatic heterocycles. The topological polar surface area (TPSA) is 59.4 Å². The van der Waals surface area contributed by atoms with Crippen LogP contribution < -0.4 is 4.74 Å². The van der Waals surface area contributed by atoms with E-state index in [2.05, 4.69) is 4.98 Å². The maximum atomic E-state index is 14.0. The Morgan fingerprint density at radius 2 is 1.97 bits per heavy atom. The third-order valence-corrected chi connectivity index (χ3v) is 6.79. The highest BCUT2D eigenvalue weighted by Crippen LogP contribution is 2.35. The summed E-state index contributed by atoms with van der Waals surface area (Å²) in [6, 6.07) is 12.4. The Bertz CT molecular complexity index is 1050. The Morgan fingerprint density at radius 3 is 2.62 bits per heavy atom. The molecular formula is C22H22FNO3S2. The molecule has 29 heavy (non-hydrogen) atoms. The molecule has 0 atom stereocenters. The van der Waals surface area contributed by atoms with Gasteiger partial charge in [-0.15, -0.1) is 23.1 Å². The zero-order valence-electron chi connectivity index (χ0n) is 16.7. The average Bonchev–Trinajstić information content (AvgIpc) is 3.02. The lowest BCUT2D eigenvalue weighted by Crippen LogP contribution is -2.38. The van der Waals surface area contributed by atoms with Crippen LogP contribution >= 0.6 is 23.1 Å². The van der Waals surface area contributed by atoms with E-state index in [-0.39, 0.29) is 5.82 Å². The molecule has 0 amide bonds. The number of aryl methyl sites for hydroxylation is 2. The molecule has 0 bridgehead atoms. The molecule has 0 saturated heterocycles. The number of benzene rings is 2. The first-order chi connectivity index (χ1) is 13.7. The lowest BCUT2D eigenvalue weighted by Gasteiger charge is -2.23. The Morgan fingerprint density at radius 1 is 1.24 bits per heavy atom. The summed E-state index contributed by atoms with van der Waals surface area (Å²) < 4.78 is 19.7. The Hall–Kier alpha value is -2.38. The number of ether oxygens (including phenoxy) is 1. The summed E-state index contributed by atoms with van der Waals surface area (Å²) in [5.41, 5.74) is 1.01. The second kappa shape index (κ2) is 8.55. The minimum Gasteiger partial charge on any atom is -0.478 e. The van der Waals surface area contributed by atoms with Crippen molar-refractivity contribution >= 4 is 29.1 Å². The van der Waals surface area contributed by atoms with Crippen molar-refractivity contribution in [2.75, 3.05) is 0 Å². The van der Waals surface area contributed by atoms with Crippen LogP contribution in [0.3, 0.4) is 0 Å². The fraction of sp³-hybridized carbons (Fsp3) is 0.273. The third kappa shape index (κ3) is 4.97. The number of carboxylic acids is 1. The van der Waals surface area contributed by atoms with Crippen LogP contribution in [0.25, 0.3) is 10.6 Å². The lowest BCUT2D eigenvalue weighted by atomic mass is 10.1. The van der Waals surface area contributed by atoms with Crippen molar-refractivity contribution in [1.82, 2.24) is 4.98 Å². The molecule has 0 aliphatic carbocycles. The fourth-order valence-electron chi connectivity index (χ4n) is 2.61. The number of carboxylic acid groups (broad SMARTS) is 1. The number of rotatable bonds is 7. The summed E-state index contributed by atoms with van der Waals surface area (Å²) in [7, 11) is 0. The standard InChI is InChI=1S/C22H22FNO3S2/c1-13-11-15(9-10-18(13)27-22(3,4)21(25)26)28-12-19-14(2)24-20(29-19)16-7-5-6-8-17(16)23/h5-11H,12H2,1-4H3,(H,25,26). The van der Waals surface area contributed by atoms with Crippen LogP contribution in [0.15, 0.2) is 47.4 Å². The molecule has 0 saturated carbocycles. The second-order valence-corrected chi connectivity index (χ2v) is 9.27. The molecule has 0 radical (unpaired) electrons. The smallest absolute Gasteiger partial charge is 0.347 e. The van der Waals surface area contributed by atoms with Gasteiger partial charge in [-0.2, -0.15) is 0 Å². The summed E-state index contributed by atoms with van der Waals surface area (Å²) in [6.45, 7) is 6.88. The van der Waals surface area contributed by atoms with Crippen LogP contribution in [0, 0.1) is 19.7 Å². The molecule has 1 N–H and O–H groups in total. The molecular weight excluding hydrogens is 409 g/mol. The summed E-state index contributed by atoms with van der Waals surface area (Å²) in [5, 5.41) is 9.92. The van der Waals surface area contributed by atoms with Crippen molar-refractivity contribution in [3.05, 3.63) is 64.4 Å². The van der Waals surface area contributed by atoms with Gasteiger partial charge in [-0.25, -0.2) is 14.2 Å². The minimum atomic E-state index is -1.29. The van der Waals surface area contributed by atoms with Crippen LogP contribution in [-0.2, 0) is 10.5 Å². The monoisotopic (exact) mass is 431 g/mol. The summed E-state index contributed by atoms with van der Waals surface area (Å²) in [5.74, 6) is -0.00622. The Kier molecular flexibility index (Phi) is 6.29. The van der Waals surface area contributed by atoms with Gasteiger partial charge in [0.1, 0.15) is 16.6 Å². The van der Waals surface area contributed by atoms with Crippen LogP contribution in [-0.4, -0.2) is 21.7 Å². The predicted molar refractivity (Wildman–Crippen MR) is 115 cm³/mol. The summed E-state index contributed by atoms with van der Waals surface area (Å²) >= 11 is 3.15. The normalized spacial score (nSPS) is 11.5.